The van der Waals surface area contributed by atoms with Gasteiger partial charge in [-0.15, -0.1) is 0 Å². The first-order chi connectivity index (χ1) is 12.4. The van der Waals surface area contributed by atoms with Crippen LogP contribution in [-0.2, 0) is 12.7 Å². The van der Waals surface area contributed by atoms with Crippen LogP contribution in [0.5, 0.6) is 0 Å². The third-order valence-electron chi connectivity index (χ3n) is 3.38. The molecule has 1 aromatic heterocycles. The topological polar surface area (TPSA) is 62.7 Å². The van der Waals surface area contributed by atoms with E-state index in [4.69, 9.17) is 0 Å². The molecule has 9 heteroatoms. The van der Waals surface area contributed by atoms with Crippen molar-refractivity contribution in [2.45, 2.75) is 12.7 Å². The number of hydrogen-bond acceptors (Lipinski definition) is 5. The lowest BCUT2D eigenvalue weighted by molar-refractivity contribution is -0.137. The zero-order valence-corrected chi connectivity index (χ0v) is 13.3. The van der Waals surface area contributed by atoms with Gasteiger partial charge >= 0.3 is 6.18 Å². The first-order valence-corrected chi connectivity index (χ1v) is 7.52. The minimum atomic E-state index is -4.43. The number of hydrogen-bond donors (Lipinski definition) is 2. The molecule has 1 heterocycles. The summed E-state index contributed by atoms with van der Waals surface area (Å²) in [5.41, 5.74) is 0.251. The van der Waals surface area contributed by atoms with Crippen LogP contribution in [0.3, 0.4) is 0 Å². The molecule has 3 aromatic rings. The lowest BCUT2D eigenvalue weighted by atomic mass is 10.2. The van der Waals surface area contributed by atoms with Gasteiger partial charge < -0.3 is 10.6 Å². The van der Waals surface area contributed by atoms with E-state index in [0.29, 0.717) is 6.54 Å². The first kappa shape index (κ1) is 17.6. The smallest absolute Gasteiger partial charge is 0.350 e. The van der Waals surface area contributed by atoms with E-state index in [9.17, 15) is 17.6 Å². The molecule has 5 nitrogen and oxygen atoms in total. The fraction of sp³-hybridized carbons (Fsp3) is 0.118. The highest BCUT2D eigenvalue weighted by atomic mass is 19.4. The van der Waals surface area contributed by atoms with E-state index in [-0.39, 0.29) is 23.4 Å². The summed E-state index contributed by atoms with van der Waals surface area (Å²) in [6.45, 7) is 0.354. The van der Waals surface area contributed by atoms with Crippen LogP contribution in [0.4, 0.5) is 35.1 Å². The number of nitrogens with one attached hydrogen (secondary N) is 2. The van der Waals surface area contributed by atoms with Crippen molar-refractivity contribution in [2.75, 3.05) is 10.6 Å². The molecule has 0 spiro atoms. The Labute approximate surface area is 146 Å². The van der Waals surface area contributed by atoms with Gasteiger partial charge in [-0.25, -0.2) is 14.4 Å². The molecule has 0 amide bonds. The van der Waals surface area contributed by atoms with Crippen LogP contribution in [0.15, 0.2) is 54.9 Å². The fourth-order valence-corrected chi connectivity index (χ4v) is 2.13. The summed E-state index contributed by atoms with van der Waals surface area (Å²) in [5, 5.41) is 5.65. The van der Waals surface area contributed by atoms with Crippen molar-refractivity contribution >= 4 is 17.6 Å². The minimum Gasteiger partial charge on any atom is -0.350 e. The molecule has 0 aliphatic heterocycles. The average Bonchev–Trinajstić information content (AvgIpc) is 2.61. The fourth-order valence-electron chi connectivity index (χ4n) is 2.13. The first-order valence-electron chi connectivity index (χ1n) is 7.52. The van der Waals surface area contributed by atoms with Crippen molar-refractivity contribution in [1.29, 1.82) is 0 Å². The minimum absolute atomic E-state index is 0.0981. The summed E-state index contributed by atoms with van der Waals surface area (Å²) < 4.78 is 51.1. The van der Waals surface area contributed by atoms with Crippen molar-refractivity contribution in [3.8, 4) is 0 Å². The molecule has 3 rings (SSSR count). The number of halogens is 4. The second-order valence-electron chi connectivity index (χ2n) is 5.32. The second kappa shape index (κ2) is 7.34. The second-order valence-corrected chi connectivity index (χ2v) is 5.32. The van der Waals surface area contributed by atoms with E-state index in [1.807, 2.05) is 0 Å². The van der Waals surface area contributed by atoms with E-state index in [2.05, 4.69) is 25.6 Å². The largest absolute Gasteiger partial charge is 0.416 e. The molecule has 0 saturated heterocycles. The molecule has 0 fully saturated rings. The standard InChI is InChI=1S/C17H13F4N5/c18-13-6-4-11(5-7-13)9-22-15-23-10-24-16(26-15)25-14-3-1-2-12(8-14)17(19,20)21/h1-8,10H,9H2,(H2,22,23,24,25,26). The van der Waals surface area contributed by atoms with Crippen LogP contribution >= 0.6 is 0 Å². The Morgan fingerprint density at radius 3 is 2.38 bits per heavy atom. The summed E-state index contributed by atoms with van der Waals surface area (Å²) in [7, 11) is 0. The van der Waals surface area contributed by atoms with Crippen LogP contribution in [0.25, 0.3) is 0 Å². The highest BCUT2D eigenvalue weighted by Gasteiger charge is 2.30. The Morgan fingerprint density at radius 1 is 0.923 bits per heavy atom. The van der Waals surface area contributed by atoms with Gasteiger partial charge in [-0.2, -0.15) is 18.2 Å². The zero-order chi connectivity index (χ0) is 18.6. The molecule has 26 heavy (non-hydrogen) atoms. The summed E-state index contributed by atoms with van der Waals surface area (Å²) in [4.78, 5) is 11.9. The van der Waals surface area contributed by atoms with Crippen molar-refractivity contribution in [1.82, 2.24) is 15.0 Å². The van der Waals surface area contributed by atoms with E-state index in [1.165, 1.54) is 30.6 Å². The monoisotopic (exact) mass is 363 g/mol. The lowest BCUT2D eigenvalue weighted by Gasteiger charge is -2.10. The predicted octanol–water partition coefficient (Wildman–Crippen LogP) is 4.39. The number of rotatable bonds is 5. The maximum atomic E-state index is 12.9. The quantitative estimate of drug-likeness (QED) is 0.659. The molecule has 0 atom stereocenters. The van der Waals surface area contributed by atoms with Gasteiger partial charge in [0, 0.05) is 12.2 Å². The summed E-state index contributed by atoms with van der Waals surface area (Å²) in [5.74, 6) is 0.00113. The van der Waals surface area contributed by atoms with Crippen molar-refractivity contribution < 1.29 is 17.6 Å². The zero-order valence-electron chi connectivity index (χ0n) is 13.3. The molecule has 0 unspecified atom stereocenters. The highest BCUT2D eigenvalue weighted by Crippen LogP contribution is 2.31. The Kier molecular flexibility index (Phi) is 4.97. The Hall–Kier alpha value is -3.23. The third-order valence-corrected chi connectivity index (χ3v) is 3.38. The molecule has 0 aliphatic rings. The molecule has 0 aliphatic carbocycles. The van der Waals surface area contributed by atoms with Crippen molar-refractivity contribution in [2.24, 2.45) is 0 Å². The van der Waals surface area contributed by atoms with Crippen molar-refractivity contribution in [3.63, 3.8) is 0 Å². The number of alkyl halides is 3. The number of benzene rings is 2. The molecule has 134 valence electrons. The van der Waals surface area contributed by atoms with Gasteiger partial charge in [-0.05, 0) is 35.9 Å². The molecule has 2 aromatic carbocycles. The van der Waals surface area contributed by atoms with Gasteiger partial charge in [0.05, 0.1) is 5.56 Å². The molecule has 0 bridgehead atoms. The van der Waals surface area contributed by atoms with E-state index in [0.717, 1.165) is 17.7 Å². The van der Waals surface area contributed by atoms with E-state index < -0.39 is 11.7 Å². The SMILES string of the molecule is Fc1ccc(CNc2ncnc(Nc3cccc(C(F)(F)F)c3)n2)cc1. The normalized spacial score (nSPS) is 11.2. The summed E-state index contributed by atoms with van der Waals surface area (Å²) in [6, 6.07) is 10.6. The number of aromatic nitrogens is 3. The highest BCUT2D eigenvalue weighted by molar-refractivity contribution is 5.55. The number of anilines is 3. The van der Waals surface area contributed by atoms with E-state index >= 15 is 0 Å². The number of nitrogens with zero attached hydrogens (tertiary/aromatic N) is 3. The van der Waals surface area contributed by atoms with Crippen molar-refractivity contribution in [3.05, 3.63) is 71.8 Å². The maximum Gasteiger partial charge on any atom is 0.416 e. The van der Waals surface area contributed by atoms with Gasteiger partial charge in [0.15, 0.2) is 0 Å². The molecule has 0 saturated carbocycles. The van der Waals surface area contributed by atoms with Crippen LogP contribution in [0.2, 0.25) is 0 Å². The average molecular weight is 363 g/mol. The Morgan fingerprint density at radius 2 is 1.65 bits per heavy atom. The van der Waals surface area contributed by atoms with Gasteiger partial charge in [-0.1, -0.05) is 18.2 Å². The Bertz CT molecular complexity index is 881. The molecule has 2 N–H and O–H groups in total. The van der Waals surface area contributed by atoms with Crippen LogP contribution in [0.1, 0.15) is 11.1 Å². The van der Waals surface area contributed by atoms with Crippen LogP contribution in [0, 0.1) is 5.82 Å². The van der Waals surface area contributed by atoms with Crippen LogP contribution in [-0.4, -0.2) is 15.0 Å². The van der Waals surface area contributed by atoms with E-state index in [1.54, 1.807) is 12.1 Å². The van der Waals surface area contributed by atoms with Gasteiger partial charge in [0.25, 0.3) is 0 Å². The molecular formula is C17H13F4N5. The summed E-state index contributed by atoms with van der Waals surface area (Å²) >= 11 is 0. The van der Waals surface area contributed by atoms with Crippen LogP contribution < -0.4 is 10.6 Å². The van der Waals surface area contributed by atoms with Gasteiger partial charge in [-0.3, -0.25) is 0 Å². The molecular weight excluding hydrogens is 350 g/mol. The third kappa shape index (κ3) is 4.65. The lowest BCUT2D eigenvalue weighted by Crippen LogP contribution is -2.07. The summed E-state index contributed by atoms with van der Waals surface area (Å²) in [6.07, 6.45) is -3.20. The maximum absolute atomic E-state index is 12.9. The molecule has 0 radical (unpaired) electrons. The van der Waals surface area contributed by atoms with Gasteiger partial charge in [0.1, 0.15) is 12.1 Å². The Balaban J connectivity index is 1.68. The van der Waals surface area contributed by atoms with Gasteiger partial charge in [0.2, 0.25) is 11.9 Å². The predicted molar refractivity (Wildman–Crippen MR) is 88.3 cm³/mol.